The molecule has 0 aromatic carbocycles. The lowest BCUT2D eigenvalue weighted by Gasteiger charge is -2.43. The number of aliphatic hydroxyl groups is 5. The van der Waals surface area contributed by atoms with Crippen LogP contribution in [0, 0.1) is 0 Å². The highest BCUT2D eigenvalue weighted by Gasteiger charge is 2.49. The summed E-state index contributed by atoms with van der Waals surface area (Å²) in [5.74, 6) is -1.95. The van der Waals surface area contributed by atoms with Crippen LogP contribution in [0.1, 0.15) is 6.92 Å². The Morgan fingerprint density at radius 2 is 1.77 bits per heavy atom. The number of hydrogen-bond donors (Lipinski definition) is 5. The molecule has 1 saturated heterocycles. The average molecular weight is 194 g/mol. The predicted octanol–water partition coefficient (Wildman–Crippen LogP) is -2.83. The summed E-state index contributed by atoms with van der Waals surface area (Å²) in [6.07, 6.45) is -5.61. The predicted molar refractivity (Wildman–Crippen MR) is 40.6 cm³/mol. The molecule has 1 aliphatic heterocycles. The van der Waals surface area contributed by atoms with Gasteiger partial charge in [0.25, 0.3) is 0 Å². The lowest BCUT2D eigenvalue weighted by atomic mass is 9.94. The van der Waals surface area contributed by atoms with Crippen LogP contribution in [0.3, 0.4) is 0 Å². The van der Waals surface area contributed by atoms with Crippen molar-refractivity contribution in [1.82, 2.24) is 0 Å². The first-order valence-electron chi connectivity index (χ1n) is 3.95. The van der Waals surface area contributed by atoms with Gasteiger partial charge in [-0.15, -0.1) is 0 Å². The summed E-state index contributed by atoms with van der Waals surface area (Å²) in [4.78, 5) is 0. The molecule has 0 aromatic heterocycles. The summed E-state index contributed by atoms with van der Waals surface area (Å²) in [6.45, 7) is 0.608. The third-order valence-electron chi connectivity index (χ3n) is 2.17. The number of ether oxygens (including phenoxy) is 1. The first kappa shape index (κ1) is 10.8. The summed E-state index contributed by atoms with van der Waals surface area (Å²) in [7, 11) is 0. The standard InChI is InChI=1S/C7H14O6/c1-7(12)6(11)5(10)4(9)3(2-8)13-7/h3-6,8-12H,2H2,1H3/t3-,4-,5+,6+,7+/m1/s1. The number of rotatable bonds is 1. The average Bonchev–Trinajstić information content (AvgIpc) is 2.08. The zero-order chi connectivity index (χ0) is 10.2. The van der Waals surface area contributed by atoms with Gasteiger partial charge in [-0.3, -0.25) is 0 Å². The molecule has 0 spiro atoms. The Labute approximate surface area is 75.0 Å². The molecule has 5 N–H and O–H groups in total. The van der Waals surface area contributed by atoms with E-state index in [2.05, 4.69) is 0 Å². The van der Waals surface area contributed by atoms with E-state index in [1.54, 1.807) is 0 Å². The van der Waals surface area contributed by atoms with Gasteiger partial charge in [0.1, 0.15) is 24.4 Å². The van der Waals surface area contributed by atoms with Crippen LogP contribution in [0.25, 0.3) is 0 Å². The first-order chi connectivity index (χ1) is 5.90. The van der Waals surface area contributed by atoms with Gasteiger partial charge in [-0.1, -0.05) is 0 Å². The van der Waals surface area contributed by atoms with Crippen LogP contribution in [0.2, 0.25) is 0 Å². The largest absolute Gasteiger partial charge is 0.394 e. The fourth-order valence-corrected chi connectivity index (χ4v) is 1.31. The second-order valence-corrected chi connectivity index (χ2v) is 3.32. The smallest absolute Gasteiger partial charge is 0.192 e. The van der Waals surface area contributed by atoms with Gasteiger partial charge in [0.2, 0.25) is 0 Å². The van der Waals surface area contributed by atoms with E-state index in [1.807, 2.05) is 0 Å². The van der Waals surface area contributed by atoms with Crippen LogP contribution in [0.5, 0.6) is 0 Å². The quantitative estimate of drug-likeness (QED) is 0.308. The van der Waals surface area contributed by atoms with Gasteiger partial charge in [-0.25, -0.2) is 0 Å². The Morgan fingerprint density at radius 1 is 1.23 bits per heavy atom. The first-order valence-corrected chi connectivity index (χ1v) is 3.95. The van der Waals surface area contributed by atoms with Crippen molar-refractivity contribution in [3.63, 3.8) is 0 Å². The highest BCUT2D eigenvalue weighted by molar-refractivity contribution is 4.93. The lowest BCUT2D eigenvalue weighted by Crippen LogP contribution is -2.63. The van der Waals surface area contributed by atoms with Crippen molar-refractivity contribution in [2.75, 3.05) is 6.61 Å². The third kappa shape index (κ3) is 1.83. The van der Waals surface area contributed by atoms with Gasteiger partial charge in [-0.05, 0) is 6.92 Å². The molecule has 5 atom stereocenters. The van der Waals surface area contributed by atoms with Crippen molar-refractivity contribution in [3.8, 4) is 0 Å². The number of hydrogen-bond acceptors (Lipinski definition) is 6. The summed E-state index contributed by atoms with van der Waals surface area (Å²) in [6, 6.07) is 0. The van der Waals surface area contributed by atoms with E-state index in [0.29, 0.717) is 0 Å². The molecule has 0 radical (unpaired) electrons. The van der Waals surface area contributed by atoms with Crippen LogP contribution in [-0.4, -0.2) is 62.3 Å². The minimum Gasteiger partial charge on any atom is -0.394 e. The Bertz CT molecular complexity index is 180. The van der Waals surface area contributed by atoms with Crippen molar-refractivity contribution in [1.29, 1.82) is 0 Å². The summed E-state index contributed by atoms with van der Waals surface area (Å²) in [5.41, 5.74) is 0. The third-order valence-corrected chi connectivity index (χ3v) is 2.17. The van der Waals surface area contributed by atoms with Gasteiger partial charge < -0.3 is 30.3 Å². The molecule has 0 bridgehead atoms. The molecule has 1 rings (SSSR count). The molecule has 0 aromatic rings. The zero-order valence-corrected chi connectivity index (χ0v) is 7.16. The Hall–Kier alpha value is -0.240. The van der Waals surface area contributed by atoms with Crippen LogP contribution in [0.15, 0.2) is 0 Å². The number of aliphatic hydroxyl groups excluding tert-OH is 4. The van der Waals surface area contributed by atoms with Crippen molar-refractivity contribution in [2.24, 2.45) is 0 Å². The normalized spacial score (nSPS) is 52.2. The SMILES string of the molecule is C[C@]1(O)O[C@H](CO)[C@@H](O)[C@H](O)[C@@H]1O. The van der Waals surface area contributed by atoms with E-state index < -0.39 is 36.8 Å². The van der Waals surface area contributed by atoms with Gasteiger partial charge in [0, 0.05) is 0 Å². The van der Waals surface area contributed by atoms with E-state index in [0.717, 1.165) is 6.92 Å². The van der Waals surface area contributed by atoms with Crippen LogP contribution in [0.4, 0.5) is 0 Å². The van der Waals surface area contributed by atoms with E-state index in [-0.39, 0.29) is 0 Å². The molecule has 0 saturated carbocycles. The highest BCUT2D eigenvalue weighted by atomic mass is 16.7. The van der Waals surface area contributed by atoms with Crippen molar-refractivity contribution < 1.29 is 30.3 Å². The maximum Gasteiger partial charge on any atom is 0.192 e. The molecule has 1 aliphatic rings. The second kappa shape index (κ2) is 3.49. The fraction of sp³-hybridized carbons (Fsp3) is 1.00. The highest BCUT2D eigenvalue weighted by Crippen LogP contribution is 2.27. The van der Waals surface area contributed by atoms with Crippen LogP contribution in [-0.2, 0) is 4.74 Å². The van der Waals surface area contributed by atoms with E-state index in [1.165, 1.54) is 0 Å². The van der Waals surface area contributed by atoms with E-state index in [4.69, 9.17) is 9.84 Å². The molecular formula is C7H14O6. The van der Waals surface area contributed by atoms with Crippen molar-refractivity contribution in [3.05, 3.63) is 0 Å². The van der Waals surface area contributed by atoms with Gasteiger partial charge in [0.15, 0.2) is 5.79 Å². The minimum atomic E-state index is -1.95. The topological polar surface area (TPSA) is 110 Å². The molecule has 6 nitrogen and oxygen atoms in total. The van der Waals surface area contributed by atoms with Gasteiger partial charge >= 0.3 is 0 Å². The summed E-state index contributed by atoms with van der Waals surface area (Å²) < 4.78 is 4.76. The van der Waals surface area contributed by atoms with Crippen LogP contribution < -0.4 is 0 Å². The molecule has 78 valence electrons. The molecular weight excluding hydrogens is 180 g/mol. The summed E-state index contributed by atoms with van der Waals surface area (Å²) in [5, 5.41) is 45.8. The molecule has 0 amide bonds. The van der Waals surface area contributed by atoms with Gasteiger partial charge in [-0.2, -0.15) is 0 Å². The molecule has 6 heteroatoms. The second-order valence-electron chi connectivity index (χ2n) is 3.32. The summed E-state index contributed by atoms with van der Waals surface area (Å²) >= 11 is 0. The van der Waals surface area contributed by atoms with Crippen molar-refractivity contribution >= 4 is 0 Å². The molecule has 0 unspecified atom stereocenters. The van der Waals surface area contributed by atoms with E-state index >= 15 is 0 Å². The Morgan fingerprint density at radius 3 is 2.23 bits per heavy atom. The van der Waals surface area contributed by atoms with E-state index in [9.17, 15) is 20.4 Å². The maximum atomic E-state index is 9.38. The lowest BCUT2D eigenvalue weighted by molar-refractivity contribution is -0.341. The Balaban J connectivity index is 2.79. The molecule has 13 heavy (non-hydrogen) atoms. The van der Waals surface area contributed by atoms with Gasteiger partial charge in [0.05, 0.1) is 6.61 Å². The maximum absolute atomic E-state index is 9.38. The minimum absolute atomic E-state index is 0.541. The zero-order valence-electron chi connectivity index (χ0n) is 7.16. The monoisotopic (exact) mass is 194 g/mol. The van der Waals surface area contributed by atoms with Crippen molar-refractivity contribution in [2.45, 2.75) is 37.1 Å². The fourth-order valence-electron chi connectivity index (χ4n) is 1.31. The van der Waals surface area contributed by atoms with Crippen LogP contribution >= 0.6 is 0 Å². The Kier molecular flexibility index (Phi) is 2.91. The molecule has 1 fully saturated rings. The molecule has 0 aliphatic carbocycles. The molecule has 1 heterocycles.